The van der Waals surface area contributed by atoms with E-state index in [2.05, 4.69) is 9.97 Å². The number of carboxylic acid groups (broad SMARTS) is 1. The van der Waals surface area contributed by atoms with Gasteiger partial charge in [-0.15, -0.1) is 0 Å². The van der Waals surface area contributed by atoms with Crippen LogP contribution in [0.3, 0.4) is 0 Å². The molecule has 0 aliphatic carbocycles. The molecule has 2 heterocycles. The monoisotopic (exact) mass is 292 g/mol. The Labute approximate surface area is 119 Å². The Kier molecular flexibility index (Phi) is 3.15. The zero-order chi connectivity index (χ0) is 14.1. The Bertz CT molecular complexity index is 660. The molecule has 1 aromatic heterocycles. The number of hydrogen-bond acceptors (Lipinski definition) is 5. The third-order valence-corrected chi connectivity index (χ3v) is 2.99. The molecule has 0 bridgehead atoms. The van der Waals surface area contributed by atoms with Crippen molar-refractivity contribution in [1.29, 1.82) is 0 Å². The smallest absolute Gasteiger partial charge is 0.345 e. The van der Waals surface area contributed by atoms with E-state index in [9.17, 15) is 4.79 Å². The van der Waals surface area contributed by atoms with Crippen LogP contribution in [0.25, 0.3) is 0 Å². The van der Waals surface area contributed by atoms with Crippen LogP contribution in [-0.4, -0.2) is 27.1 Å². The molecule has 3 rings (SSSR count). The predicted octanol–water partition coefficient (Wildman–Crippen LogP) is 2.31. The molecule has 0 amide bonds. The highest BCUT2D eigenvalue weighted by atomic mass is 35.5. The minimum absolute atomic E-state index is 0.155. The van der Waals surface area contributed by atoms with Crippen LogP contribution in [0.4, 0.5) is 0 Å². The van der Waals surface area contributed by atoms with E-state index in [1.54, 1.807) is 18.2 Å². The molecule has 1 unspecified atom stereocenters. The van der Waals surface area contributed by atoms with Gasteiger partial charge in [-0.2, -0.15) is 0 Å². The first-order valence-electron chi connectivity index (χ1n) is 5.79. The lowest BCUT2D eigenvalue weighted by Crippen LogP contribution is -2.24. The fourth-order valence-electron chi connectivity index (χ4n) is 1.87. The summed E-state index contributed by atoms with van der Waals surface area (Å²) in [5, 5.41) is 9.34. The van der Waals surface area contributed by atoms with Crippen molar-refractivity contribution in [3.63, 3.8) is 0 Å². The fourth-order valence-corrected chi connectivity index (χ4v) is 1.97. The van der Waals surface area contributed by atoms with Crippen LogP contribution >= 0.6 is 11.6 Å². The number of carbonyl (C=O) groups is 1. The molecule has 2 aromatic rings. The lowest BCUT2D eigenvalue weighted by Gasteiger charge is -2.06. The minimum atomic E-state index is -0.982. The summed E-state index contributed by atoms with van der Waals surface area (Å²) in [6.45, 7) is 0. The summed E-state index contributed by atoms with van der Waals surface area (Å²) < 4.78 is 10.8. The second-order valence-corrected chi connectivity index (χ2v) is 4.64. The SMILES string of the molecule is O=C(O)C1Cc2ccc(Oc3ncc(Cl)cn3)cc2O1. The number of halogens is 1. The largest absolute Gasteiger partial charge is 0.478 e. The van der Waals surface area contributed by atoms with Crippen molar-refractivity contribution in [2.45, 2.75) is 12.5 Å². The van der Waals surface area contributed by atoms with Crippen molar-refractivity contribution < 1.29 is 19.4 Å². The number of rotatable bonds is 3. The Hall–Kier alpha value is -2.34. The number of ether oxygens (including phenoxy) is 2. The molecule has 0 spiro atoms. The first-order valence-corrected chi connectivity index (χ1v) is 6.17. The van der Waals surface area contributed by atoms with Gasteiger partial charge < -0.3 is 14.6 Å². The van der Waals surface area contributed by atoms with E-state index in [0.717, 1.165) is 5.56 Å². The van der Waals surface area contributed by atoms with Gasteiger partial charge in [0.05, 0.1) is 17.4 Å². The quantitative estimate of drug-likeness (QED) is 0.935. The van der Waals surface area contributed by atoms with Crippen molar-refractivity contribution in [2.75, 3.05) is 0 Å². The second kappa shape index (κ2) is 4.97. The van der Waals surface area contributed by atoms with Crippen molar-refractivity contribution in [3.05, 3.63) is 41.2 Å². The normalized spacial score (nSPS) is 16.4. The molecule has 0 fully saturated rings. The summed E-state index contributed by atoms with van der Waals surface area (Å²) in [6, 6.07) is 5.26. The van der Waals surface area contributed by atoms with Crippen LogP contribution in [0.15, 0.2) is 30.6 Å². The number of hydrogen-bond donors (Lipinski definition) is 1. The van der Waals surface area contributed by atoms with Gasteiger partial charge in [-0.1, -0.05) is 17.7 Å². The number of fused-ring (bicyclic) bond motifs is 1. The van der Waals surface area contributed by atoms with Gasteiger partial charge in [0.2, 0.25) is 0 Å². The molecule has 7 heteroatoms. The maximum Gasteiger partial charge on any atom is 0.345 e. The van der Waals surface area contributed by atoms with Crippen LogP contribution in [0, 0.1) is 0 Å². The summed E-state index contributed by atoms with van der Waals surface area (Å²) in [5.41, 5.74) is 0.835. The van der Waals surface area contributed by atoms with E-state index >= 15 is 0 Å². The van der Waals surface area contributed by atoms with E-state index in [4.69, 9.17) is 26.2 Å². The topological polar surface area (TPSA) is 81.5 Å². The summed E-state index contributed by atoms with van der Waals surface area (Å²) >= 11 is 5.68. The summed E-state index contributed by atoms with van der Waals surface area (Å²) in [5.74, 6) is -0.00863. The number of benzene rings is 1. The highest BCUT2D eigenvalue weighted by Crippen LogP contribution is 2.33. The maximum atomic E-state index is 10.9. The molecule has 0 saturated heterocycles. The Morgan fingerprint density at radius 2 is 2.15 bits per heavy atom. The number of aliphatic carboxylic acids is 1. The molecule has 1 aromatic carbocycles. The first-order chi connectivity index (χ1) is 9.61. The van der Waals surface area contributed by atoms with Crippen molar-refractivity contribution in [2.24, 2.45) is 0 Å². The number of carboxylic acids is 1. The fraction of sp³-hybridized carbons (Fsp3) is 0.154. The van der Waals surface area contributed by atoms with Gasteiger partial charge in [-0.3, -0.25) is 0 Å². The lowest BCUT2D eigenvalue weighted by molar-refractivity contribution is -0.144. The van der Waals surface area contributed by atoms with Gasteiger partial charge in [-0.05, 0) is 11.6 Å². The first kappa shape index (κ1) is 12.7. The molecule has 1 N–H and O–H groups in total. The van der Waals surface area contributed by atoms with Crippen LogP contribution in [-0.2, 0) is 11.2 Å². The highest BCUT2D eigenvalue weighted by molar-refractivity contribution is 6.30. The Morgan fingerprint density at radius 1 is 1.40 bits per heavy atom. The Morgan fingerprint density at radius 3 is 2.85 bits per heavy atom. The van der Waals surface area contributed by atoms with Crippen LogP contribution in [0.1, 0.15) is 5.56 Å². The number of nitrogens with zero attached hydrogens (tertiary/aromatic N) is 2. The van der Waals surface area contributed by atoms with Gasteiger partial charge >= 0.3 is 12.0 Å². The third kappa shape index (κ3) is 2.50. The molecule has 1 aliphatic heterocycles. The second-order valence-electron chi connectivity index (χ2n) is 4.20. The van der Waals surface area contributed by atoms with Gasteiger partial charge in [0.15, 0.2) is 6.10 Å². The van der Waals surface area contributed by atoms with E-state index in [1.807, 2.05) is 0 Å². The van der Waals surface area contributed by atoms with Gasteiger partial charge in [0, 0.05) is 12.5 Å². The van der Waals surface area contributed by atoms with Crippen molar-refractivity contribution in [1.82, 2.24) is 9.97 Å². The maximum absolute atomic E-state index is 10.9. The number of aromatic nitrogens is 2. The molecule has 20 heavy (non-hydrogen) atoms. The summed E-state index contributed by atoms with van der Waals surface area (Å²) in [7, 11) is 0. The zero-order valence-corrected chi connectivity index (χ0v) is 10.9. The molecule has 0 saturated carbocycles. The molecule has 6 nitrogen and oxygen atoms in total. The van der Waals surface area contributed by atoms with Gasteiger partial charge in [0.1, 0.15) is 11.5 Å². The molecular weight excluding hydrogens is 284 g/mol. The van der Waals surface area contributed by atoms with Crippen molar-refractivity contribution >= 4 is 17.6 Å². The van der Waals surface area contributed by atoms with Crippen LogP contribution in [0.2, 0.25) is 5.02 Å². The van der Waals surface area contributed by atoms with E-state index in [0.29, 0.717) is 22.9 Å². The summed E-state index contributed by atoms with van der Waals surface area (Å²) in [6.07, 6.45) is 2.36. The van der Waals surface area contributed by atoms with E-state index in [1.165, 1.54) is 12.4 Å². The zero-order valence-electron chi connectivity index (χ0n) is 10.1. The highest BCUT2D eigenvalue weighted by Gasteiger charge is 2.29. The van der Waals surface area contributed by atoms with E-state index in [-0.39, 0.29) is 6.01 Å². The van der Waals surface area contributed by atoms with Gasteiger partial charge in [-0.25, -0.2) is 14.8 Å². The molecule has 1 aliphatic rings. The molecule has 0 radical (unpaired) electrons. The Balaban J connectivity index is 1.79. The van der Waals surface area contributed by atoms with Gasteiger partial charge in [0.25, 0.3) is 0 Å². The molecule has 1 atom stereocenters. The van der Waals surface area contributed by atoms with E-state index < -0.39 is 12.1 Å². The standard InChI is InChI=1S/C13H9ClN2O4/c14-8-5-15-13(16-6-8)19-9-2-1-7-3-11(12(17)18)20-10(7)4-9/h1-2,4-6,11H,3H2,(H,17,18). The molecular formula is C13H9ClN2O4. The predicted molar refractivity (Wildman–Crippen MR) is 69.3 cm³/mol. The van der Waals surface area contributed by atoms with Crippen LogP contribution in [0.5, 0.6) is 17.5 Å². The van der Waals surface area contributed by atoms with Crippen LogP contribution < -0.4 is 9.47 Å². The van der Waals surface area contributed by atoms with Crippen molar-refractivity contribution in [3.8, 4) is 17.5 Å². The molecule has 102 valence electrons. The third-order valence-electron chi connectivity index (χ3n) is 2.79. The minimum Gasteiger partial charge on any atom is -0.478 e. The lowest BCUT2D eigenvalue weighted by atomic mass is 10.1. The average molecular weight is 293 g/mol. The summed E-state index contributed by atoms with van der Waals surface area (Å²) in [4.78, 5) is 18.7. The average Bonchev–Trinajstić information content (AvgIpc) is 2.85.